The van der Waals surface area contributed by atoms with Gasteiger partial charge in [0.25, 0.3) is 0 Å². The first-order valence-corrected chi connectivity index (χ1v) is 8.30. The van der Waals surface area contributed by atoms with Crippen LogP contribution in [-0.4, -0.2) is 35.4 Å². The van der Waals surface area contributed by atoms with Gasteiger partial charge in [0, 0.05) is 6.26 Å². The first-order chi connectivity index (χ1) is 7.74. The Bertz CT molecular complexity index is 576. The summed E-state index contributed by atoms with van der Waals surface area (Å²) in [6, 6.07) is 5.37. The van der Waals surface area contributed by atoms with E-state index in [1.807, 2.05) is 0 Å². The van der Waals surface area contributed by atoms with Gasteiger partial charge in [-0.05, 0) is 12.1 Å². The van der Waals surface area contributed by atoms with E-state index in [1.165, 1.54) is 24.3 Å². The first-order valence-electron chi connectivity index (χ1n) is 4.80. The fourth-order valence-corrected chi connectivity index (χ4v) is 2.67. The summed E-state index contributed by atoms with van der Waals surface area (Å²) < 4.78 is 48.6. The summed E-state index contributed by atoms with van der Waals surface area (Å²) in [7, 11) is -6.79. The molecule has 0 spiro atoms. The average Bonchev–Trinajstić information content (AvgIpc) is 2.16. The van der Waals surface area contributed by atoms with E-state index >= 15 is 0 Å². The molecule has 0 heterocycles. The van der Waals surface area contributed by atoms with Gasteiger partial charge in [0.15, 0.2) is 9.84 Å². The maximum absolute atomic E-state index is 11.4. The second kappa shape index (κ2) is 5.03. The van der Waals surface area contributed by atoms with Gasteiger partial charge in [0.05, 0.1) is 27.2 Å². The minimum absolute atomic E-state index is 0.124. The van der Waals surface area contributed by atoms with Crippen LogP contribution in [0.5, 0.6) is 0 Å². The quantitative estimate of drug-likeness (QED) is 0.794. The first kappa shape index (κ1) is 13.9. The molecule has 17 heavy (non-hydrogen) atoms. The lowest BCUT2D eigenvalue weighted by Gasteiger charge is -2.20. The molecule has 96 valence electrons. The average molecular weight is 278 g/mol. The van der Waals surface area contributed by atoms with Crippen LogP contribution in [0, 0.1) is 0 Å². The fraction of sp³-hybridized carbons (Fsp3) is 0.333. The zero-order valence-electron chi connectivity index (χ0n) is 9.33. The second-order valence-corrected chi connectivity index (χ2v) is 7.27. The van der Waals surface area contributed by atoms with Gasteiger partial charge in [-0.3, -0.25) is 0 Å². The molecule has 0 atom stereocenters. The summed E-state index contributed by atoms with van der Waals surface area (Å²) in [5, 5.41) is 0. The minimum atomic E-state index is -3.52. The topological polar surface area (TPSA) is 110 Å². The Morgan fingerprint density at radius 3 is 2.06 bits per heavy atom. The van der Waals surface area contributed by atoms with E-state index in [0.29, 0.717) is 0 Å². The maximum Gasteiger partial charge on any atom is 0.175 e. The second-order valence-electron chi connectivity index (χ2n) is 3.50. The number of quaternary nitrogens is 1. The third-order valence-corrected chi connectivity index (χ3v) is 4.33. The highest BCUT2D eigenvalue weighted by atomic mass is 32.2. The van der Waals surface area contributed by atoms with Crippen molar-refractivity contribution in [1.29, 1.82) is 0 Å². The number of hydrogen-bond acceptors (Lipinski definition) is 4. The maximum atomic E-state index is 11.4. The molecule has 0 saturated carbocycles. The standard InChI is InChI=1S/C9H13N2O4S2/c1-16(12,13)9-4-2-8(3-5-9)11-17(14,15)7-6-10/h2-5H,6-7,10H2,1H3/q-1/p+1. The van der Waals surface area contributed by atoms with Crippen LogP contribution in [0.4, 0.5) is 5.69 Å². The Hall–Kier alpha value is -1.12. The van der Waals surface area contributed by atoms with Crippen LogP contribution < -0.4 is 5.73 Å². The van der Waals surface area contributed by atoms with Crippen LogP contribution >= 0.6 is 0 Å². The van der Waals surface area contributed by atoms with Crippen LogP contribution in [0.15, 0.2) is 29.2 Å². The Kier molecular flexibility index (Phi) is 4.12. The van der Waals surface area contributed by atoms with Gasteiger partial charge in [-0.2, -0.15) is 0 Å². The molecular formula is C9H14N2O4S2. The molecule has 0 radical (unpaired) electrons. The van der Waals surface area contributed by atoms with Crippen LogP contribution in [0.2, 0.25) is 0 Å². The van der Waals surface area contributed by atoms with E-state index in [9.17, 15) is 16.8 Å². The molecule has 0 aliphatic carbocycles. The Labute approximate surface area is 101 Å². The summed E-state index contributed by atoms with van der Waals surface area (Å²) in [5.41, 5.74) is 3.65. The van der Waals surface area contributed by atoms with E-state index < -0.39 is 19.9 Å². The highest BCUT2D eigenvalue weighted by Crippen LogP contribution is 2.23. The molecule has 3 N–H and O–H groups in total. The van der Waals surface area contributed by atoms with Crippen molar-refractivity contribution in [3.8, 4) is 0 Å². The third-order valence-electron chi connectivity index (χ3n) is 1.91. The molecule has 0 aromatic heterocycles. The fourth-order valence-electron chi connectivity index (χ4n) is 1.14. The molecule has 6 nitrogen and oxygen atoms in total. The molecule has 0 fully saturated rings. The third kappa shape index (κ3) is 4.33. The lowest BCUT2D eigenvalue weighted by molar-refractivity contribution is -0.360. The van der Waals surface area contributed by atoms with Crippen molar-refractivity contribution in [1.82, 2.24) is 0 Å². The Morgan fingerprint density at radius 2 is 1.65 bits per heavy atom. The number of benzene rings is 1. The molecule has 1 rings (SSSR count). The van der Waals surface area contributed by atoms with E-state index in [4.69, 9.17) is 0 Å². The van der Waals surface area contributed by atoms with Crippen molar-refractivity contribution in [3.63, 3.8) is 0 Å². The van der Waals surface area contributed by atoms with Gasteiger partial charge in [0.2, 0.25) is 0 Å². The van der Waals surface area contributed by atoms with E-state index in [1.54, 1.807) is 0 Å². The van der Waals surface area contributed by atoms with Gasteiger partial charge in [-0.15, -0.1) is 5.69 Å². The molecule has 1 aromatic rings. The van der Waals surface area contributed by atoms with Gasteiger partial charge in [-0.1, -0.05) is 12.1 Å². The molecule has 0 aliphatic rings. The SMILES string of the molecule is CS(=O)(=O)c1ccc([N-]S(=O)(=O)CC[NH3+])cc1. The van der Waals surface area contributed by atoms with E-state index in [2.05, 4.69) is 10.5 Å². The van der Waals surface area contributed by atoms with Gasteiger partial charge in [-0.25, -0.2) is 16.8 Å². The van der Waals surface area contributed by atoms with Gasteiger partial charge >= 0.3 is 0 Å². The monoisotopic (exact) mass is 278 g/mol. The van der Waals surface area contributed by atoms with Gasteiger partial charge < -0.3 is 10.5 Å². The van der Waals surface area contributed by atoms with Crippen molar-refractivity contribution < 1.29 is 22.6 Å². The Morgan fingerprint density at radius 1 is 1.12 bits per heavy atom. The normalized spacial score (nSPS) is 12.4. The van der Waals surface area contributed by atoms with Crippen LogP contribution in [0.3, 0.4) is 0 Å². The van der Waals surface area contributed by atoms with Crippen molar-refractivity contribution in [3.05, 3.63) is 29.0 Å². The molecule has 0 saturated heterocycles. The molecule has 0 amide bonds. The molecule has 0 unspecified atom stereocenters. The number of sulfone groups is 1. The lowest BCUT2D eigenvalue weighted by atomic mass is 10.3. The summed E-state index contributed by atoms with van der Waals surface area (Å²) in [6.07, 6.45) is 1.08. The Balaban J connectivity index is 2.90. The van der Waals surface area contributed by atoms with E-state index in [-0.39, 0.29) is 22.9 Å². The summed E-state index contributed by atoms with van der Waals surface area (Å²) >= 11 is 0. The largest absolute Gasteiger partial charge is 0.577 e. The van der Waals surface area contributed by atoms with Crippen LogP contribution in [-0.2, 0) is 19.9 Å². The van der Waals surface area contributed by atoms with E-state index in [0.717, 1.165) is 6.26 Å². The number of sulfonamides is 1. The summed E-state index contributed by atoms with van der Waals surface area (Å²) in [6.45, 7) is 0.243. The predicted octanol–water partition coefficient (Wildman–Crippen LogP) is -0.333. The zero-order valence-corrected chi connectivity index (χ0v) is 11.0. The smallest absolute Gasteiger partial charge is 0.175 e. The highest BCUT2D eigenvalue weighted by molar-refractivity contribution is 7.94. The van der Waals surface area contributed by atoms with Crippen molar-refractivity contribution >= 4 is 25.5 Å². The predicted molar refractivity (Wildman–Crippen MR) is 64.1 cm³/mol. The number of hydrogen-bond donors (Lipinski definition) is 1. The summed E-state index contributed by atoms with van der Waals surface area (Å²) in [5.74, 6) is -0.124. The minimum Gasteiger partial charge on any atom is -0.577 e. The summed E-state index contributed by atoms with van der Waals surface area (Å²) in [4.78, 5) is 0.131. The zero-order chi connectivity index (χ0) is 13.1. The molecule has 1 aromatic carbocycles. The molecule has 0 aliphatic heterocycles. The molecule has 0 bridgehead atoms. The molecule has 8 heteroatoms. The lowest BCUT2D eigenvalue weighted by Crippen LogP contribution is -2.52. The van der Waals surface area contributed by atoms with Crippen molar-refractivity contribution in [2.45, 2.75) is 4.90 Å². The highest BCUT2D eigenvalue weighted by Gasteiger charge is 2.05. The van der Waals surface area contributed by atoms with Crippen molar-refractivity contribution in [2.24, 2.45) is 0 Å². The number of rotatable bonds is 5. The van der Waals surface area contributed by atoms with Crippen molar-refractivity contribution in [2.75, 3.05) is 18.6 Å². The van der Waals surface area contributed by atoms with Crippen LogP contribution in [0.1, 0.15) is 0 Å². The van der Waals surface area contributed by atoms with Crippen LogP contribution in [0.25, 0.3) is 4.72 Å². The molecular weight excluding hydrogens is 264 g/mol. The number of nitrogens with zero attached hydrogens (tertiary/aromatic N) is 1. The van der Waals surface area contributed by atoms with Gasteiger partial charge in [0.1, 0.15) is 0 Å².